The van der Waals surface area contributed by atoms with Gasteiger partial charge < -0.3 is 10.1 Å². The Morgan fingerprint density at radius 2 is 1.79 bits per heavy atom. The van der Waals surface area contributed by atoms with Crippen molar-refractivity contribution in [1.29, 1.82) is 0 Å². The number of hydrogen-bond acceptors (Lipinski definition) is 5. The van der Waals surface area contributed by atoms with E-state index in [0.29, 0.717) is 5.56 Å². The van der Waals surface area contributed by atoms with Gasteiger partial charge in [-0.2, -0.15) is 0 Å². The second kappa shape index (κ2) is 8.94. The molecule has 7 nitrogen and oxygen atoms in total. The molecule has 2 aromatic rings. The first-order chi connectivity index (χ1) is 13.1. The van der Waals surface area contributed by atoms with Crippen molar-refractivity contribution in [1.82, 2.24) is 4.31 Å². The van der Waals surface area contributed by atoms with Gasteiger partial charge in [0.15, 0.2) is 6.10 Å². The topological polar surface area (TPSA) is 92.8 Å². The normalized spacial score (nSPS) is 12.5. The third-order valence-corrected chi connectivity index (χ3v) is 5.63. The number of rotatable bonds is 7. The Kier molecular flexibility index (Phi) is 6.87. The molecule has 0 aliphatic carbocycles. The molecule has 0 bridgehead atoms. The molecule has 0 saturated carbocycles. The van der Waals surface area contributed by atoms with Gasteiger partial charge in [-0.05, 0) is 42.8 Å². The summed E-state index contributed by atoms with van der Waals surface area (Å²) in [6.07, 6.45) is -1.20. The van der Waals surface area contributed by atoms with Gasteiger partial charge in [0.25, 0.3) is 5.91 Å². The summed E-state index contributed by atoms with van der Waals surface area (Å²) in [5.74, 6) is -1.66. The molecule has 0 heterocycles. The van der Waals surface area contributed by atoms with Crippen LogP contribution in [0.2, 0.25) is 0 Å². The summed E-state index contributed by atoms with van der Waals surface area (Å²) in [7, 11) is -0.830. The monoisotopic (exact) mass is 408 g/mol. The first-order valence-corrected chi connectivity index (χ1v) is 9.81. The van der Waals surface area contributed by atoms with Crippen LogP contribution in [0, 0.1) is 5.82 Å². The van der Waals surface area contributed by atoms with Crippen LogP contribution in [0.1, 0.15) is 12.5 Å². The van der Waals surface area contributed by atoms with Crippen LogP contribution < -0.4 is 5.32 Å². The van der Waals surface area contributed by atoms with Crippen molar-refractivity contribution >= 4 is 27.6 Å². The average Bonchev–Trinajstić information content (AvgIpc) is 2.63. The first-order valence-electron chi connectivity index (χ1n) is 8.37. The maximum atomic E-state index is 12.9. The molecule has 0 aromatic heterocycles. The summed E-state index contributed by atoms with van der Waals surface area (Å²) < 4.78 is 43.4. The van der Waals surface area contributed by atoms with E-state index in [-0.39, 0.29) is 17.0 Å². The lowest BCUT2D eigenvalue weighted by atomic mass is 10.1. The highest BCUT2D eigenvalue weighted by atomic mass is 32.2. The number of sulfonamides is 1. The third kappa shape index (κ3) is 5.61. The molecule has 28 heavy (non-hydrogen) atoms. The van der Waals surface area contributed by atoms with Crippen LogP contribution in [-0.4, -0.2) is 44.8 Å². The Bertz CT molecular complexity index is 959. The van der Waals surface area contributed by atoms with Gasteiger partial charge in [0.2, 0.25) is 10.0 Å². The number of hydrogen-bond donors (Lipinski definition) is 1. The molecule has 150 valence electrons. The average molecular weight is 408 g/mol. The summed E-state index contributed by atoms with van der Waals surface area (Å²) in [4.78, 5) is 24.2. The van der Waals surface area contributed by atoms with Gasteiger partial charge in [0, 0.05) is 19.8 Å². The molecule has 0 radical (unpaired) electrons. The van der Waals surface area contributed by atoms with Crippen LogP contribution in [0.3, 0.4) is 0 Å². The number of nitrogens with one attached hydrogen (secondary N) is 1. The Balaban J connectivity index is 1.98. The van der Waals surface area contributed by atoms with E-state index in [9.17, 15) is 22.4 Å². The molecule has 0 saturated heterocycles. The molecule has 0 fully saturated rings. The SMILES string of the molecule is C[C@@H](OC(=O)Cc1ccc(F)cc1)C(=O)Nc1cccc(S(=O)(=O)N(C)C)c1. The van der Waals surface area contributed by atoms with E-state index in [1.165, 1.54) is 69.6 Å². The number of nitrogens with zero attached hydrogens (tertiary/aromatic N) is 1. The fourth-order valence-electron chi connectivity index (χ4n) is 2.25. The van der Waals surface area contributed by atoms with Crippen molar-refractivity contribution in [3.05, 3.63) is 59.9 Å². The van der Waals surface area contributed by atoms with E-state index < -0.39 is 33.8 Å². The summed E-state index contributed by atoms with van der Waals surface area (Å²) in [6, 6.07) is 11.1. The predicted octanol–water partition coefficient (Wildman–Crippen LogP) is 2.19. The van der Waals surface area contributed by atoms with Crippen LogP contribution in [0.4, 0.5) is 10.1 Å². The summed E-state index contributed by atoms with van der Waals surface area (Å²) in [5, 5.41) is 2.52. The molecule has 0 spiro atoms. The molecule has 1 atom stereocenters. The van der Waals surface area contributed by atoms with E-state index in [2.05, 4.69) is 5.32 Å². The molecule has 0 unspecified atom stereocenters. The lowest BCUT2D eigenvalue weighted by molar-refractivity contribution is -0.152. The minimum absolute atomic E-state index is 0.0243. The van der Waals surface area contributed by atoms with E-state index in [1.54, 1.807) is 0 Å². The van der Waals surface area contributed by atoms with Crippen molar-refractivity contribution in [2.75, 3.05) is 19.4 Å². The largest absolute Gasteiger partial charge is 0.452 e. The van der Waals surface area contributed by atoms with Gasteiger partial charge in [-0.25, -0.2) is 17.1 Å². The molecule has 0 aliphatic heterocycles. The number of halogens is 1. The Labute approximate surface area is 163 Å². The number of anilines is 1. The molecule has 9 heteroatoms. The Morgan fingerprint density at radius 3 is 2.39 bits per heavy atom. The minimum Gasteiger partial charge on any atom is -0.452 e. The maximum absolute atomic E-state index is 12.9. The van der Waals surface area contributed by atoms with Gasteiger partial charge in [0.05, 0.1) is 11.3 Å². The number of carbonyl (C=O) groups excluding carboxylic acids is 2. The predicted molar refractivity (Wildman–Crippen MR) is 102 cm³/mol. The van der Waals surface area contributed by atoms with E-state index in [1.807, 2.05) is 0 Å². The van der Waals surface area contributed by atoms with Crippen molar-refractivity contribution in [3.8, 4) is 0 Å². The number of carbonyl (C=O) groups is 2. The molecule has 2 rings (SSSR count). The molecular formula is C19H21FN2O5S. The number of amides is 1. The van der Waals surface area contributed by atoms with Crippen molar-refractivity contribution in [2.24, 2.45) is 0 Å². The summed E-state index contributed by atoms with van der Waals surface area (Å²) >= 11 is 0. The molecular weight excluding hydrogens is 387 g/mol. The van der Waals surface area contributed by atoms with Crippen molar-refractivity contribution in [2.45, 2.75) is 24.3 Å². The van der Waals surface area contributed by atoms with Crippen LogP contribution in [-0.2, 0) is 30.8 Å². The maximum Gasteiger partial charge on any atom is 0.311 e. The van der Waals surface area contributed by atoms with E-state index >= 15 is 0 Å². The minimum atomic E-state index is -3.64. The third-order valence-electron chi connectivity index (χ3n) is 3.82. The Hall–Kier alpha value is -2.78. The first kappa shape index (κ1) is 21.5. The molecule has 1 N–H and O–H groups in total. The number of benzene rings is 2. The zero-order chi connectivity index (χ0) is 20.9. The lowest BCUT2D eigenvalue weighted by Gasteiger charge is -2.15. The highest BCUT2D eigenvalue weighted by Crippen LogP contribution is 2.18. The molecule has 2 aromatic carbocycles. The highest BCUT2D eigenvalue weighted by Gasteiger charge is 2.20. The summed E-state index contributed by atoms with van der Waals surface area (Å²) in [5.41, 5.74) is 0.815. The quantitative estimate of drug-likeness (QED) is 0.709. The number of ether oxygens (including phenoxy) is 1. The Morgan fingerprint density at radius 1 is 1.14 bits per heavy atom. The molecule has 0 aliphatic rings. The zero-order valence-electron chi connectivity index (χ0n) is 15.7. The zero-order valence-corrected chi connectivity index (χ0v) is 16.5. The fourth-order valence-corrected chi connectivity index (χ4v) is 3.20. The molecule has 1 amide bonds. The standard InChI is InChI=1S/C19H21FN2O5S/c1-13(27-18(23)11-14-7-9-15(20)10-8-14)19(24)21-16-5-4-6-17(12-16)28(25,26)22(2)3/h4-10,12-13H,11H2,1-3H3,(H,21,24)/t13-/m1/s1. The highest BCUT2D eigenvalue weighted by molar-refractivity contribution is 7.89. The van der Waals surface area contributed by atoms with Gasteiger partial charge >= 0.3 is 5.97 Å². The number of esters is 1. The van der Waals surface area contributed by atoms with Gasteiger partial charge in [-0.15, -0.1) is 0 Å². The van der Waals surface area contributed by atoms with Crippen LogP contribution in [0.5, 0.6) is 0 Å². The second-order valence-electron chi connectivity index (χ2n) is 6.24. The summed E-state index contributed by atoms with van der Waals surface area (Å²) in [6.45, 7) is 1.40. The van der Waals surface area contributed by atoms with Crippen LogP contribution in [0.15, 0.2) is 53.4 Å². The van der Waals surface area contributed by atoms with Crippen molar-refractivity contribution in [3.63, 3.8) is 0 Å². The fraction of sp³-hybridized carbons (Fsp3) is 0.263. The van der Waals surface area contributed by atoms with E-state index in [4.69, 9.17) is 4.74 Å². The lowest BCUT2D eigenvalue weighted by Crippen LogP contribution is -2.30. The van der Waals surface area contributed by atoms with Crippen molar-refractivity contribution < 1.29 is 27.1 Å². The van der Waals surface area contributed by atoms with Crippen LogP contribution >= 0.6 is 0 Å². The van der Waals surface area contributed by atoms with Crippen LogP contribution in [0.25, 0.3) is 0 Å². The van der Waals surface area contributed by atoms with Gasteiger partial charge in [0.1, 0.15) is 5.82 Å². The second-order valence-corrected chi connectivity index (χ2v) is 8.39. The van der Waals surface area contributed by atoms with Gasteiger partial charge in [-0.3, -0.25) is 9.59 Å². The van der Waals surface area contributed by atoms with E-state index in [0.717, 1.165) is 4.31 Å². The van der Waals surface area contributed by atoms with Gasteiger partial charge in [-0.1, -0.05) is 18.2 Å². The smallest absolute Gasteiger partial charge is 0.311 e.